The van der Waals surface area contributed by atoms with Crippen LogP contribution in [0.15, 0.2) is 84.9 Å². The van der Waals surface area contributed by atoms with Gasteiger partial charge < -0.3 is 0 Å². The van der Waals surface area contributed by atoms with E-state index in [1.165, 1.54) is 12.2 Å². The second kappa shape index (κ2) is 9.59. The molecule has 0 unspecified atom stereocenters. The van der Waals surface area contributed by atoms with E-state index in [1.807, 2.05) is 36.4 Å². The molecule has 3 aromatic carbocycles. The van der Waals surface area contributed by atoms with Gasteiger partial charge in [-0.1, -0.05) is 36.4 Å². The Morgan fingerprint density at radius 3 is 1.20 bits per heavy atom. The maximum absolute atomic E-state index is 12.2. The van der Waals surface area contributed by atoms with Gasteiger partial charge >= 0.3 is 0 Å². The summed E-state index contributed by atoms with van der Waals surface area (Å²) in [5.41, 5.74) is 3.77. The predicted molar refractivity (Wildman–Crippen MR) is 115 cm³/mol. The number of ketones is 2. The summed E-state index contributed by atoms with van der Waals surface area (Å²) in [5.74, 6) is -0.284. The summed E-state index contributed by atoms with van der Waals surface area (Å²) in [5, 5.41) is 17.6. The van der Waals surface area contributed by atoms with Crippen molar-refractivity contribution in [3.63, 3.8) is 0 Å². The van der Waals surface area contributed by atoms with Crippen LogP contribution in [0.5, 0.6) is 0 Å². The number of nitriles is 2. The largest absolute Gasteiger partial charge is 0.289 e. The van der Waals surface area contributed by atoms with Crippen molar-refractivity contribution in [1.29, 1.82) is 10.5 Å². The highest BCUT2D eigenvalue weighted by molar-refractivity contribution is 6.07. The van der Waals surface area contributed by atoms with Crippen molar-refractivity contribution in [2.75, 3.05) is 0 Å². The molecule has 0 spiro atoms. The smallest absolute Gasteiger partial charge is 0.185 e. The fraction of sp³-hybridized carbons (Fsp3) is 0. The van der Waals surface area contributed by atoms with E-state index < -0.39 is 0 Å². The molecule has 3 rings (SSSR count). The van der Waals surface area contributed by atoms with Crippen LogP contribution >= 0.6 is 0 Å². The molecule has 0 fully saturated rings. The van der Waals surface area contributed by atoms with E-state index in [-0.39, 0.29) is 11.6 Å². The number of rotatable bonds is 6. The average Bonchev–Trinajstić information content (AvgIpc) is 2.81. The Morgan fingerprint density at radius 1 is 0.567 bits per heavy atom. The second-order valence-electron chi connectivity index (χ2n) is 6.44. The molecule has 3 aromatic rings. The maximum atomic E-state index is 12.2. The molecule has 0 saturated heterocycles. The number of hydrogen-bond donors (Lipinski definition) is 0. The molecule has 0 amide bonds. The van der Waals surface area contributed by atoms with Gasteiger partial charge in [0.05, 0.1) is 23.3 Å². The first kappa shape index (κ1) is 20.2. The lowest BCUT2D eigenvalue weighted by Gasteiger charge is -1.98. The van der Waals surface area contributed by atoms with Crippen LogP contribution in [-0.4, -0.2) is 11.6 Å². The molecule has 0 saturated carbocycles. The zero-order valence-electron chi connectivity index (χ0n) is 15.9. The van der Waals surface area contributed by atoms with E-state index in [9.17, 15) is 9.59 Å². The van der Waals surface area contributed by atoms with E-state index in [2.05, 4.69) is 0 Å². The fourth-order valence-electron chi connectivity index (χ4n) is 2.67. The molecule has 0 N–H and O–H groups in total. The summed E-state index contributed by atoms with van der Waals surface area (Å²) in [6, 6.07) is 24.4. The topological polar surface area (TPSA) is 81.7 Å². The summed E-state index contributed by atoms with van der Waals surface area (Å²) >= 11 is 0. The highest BCUT2D eigenvalue weighted by Crippen LogP contribution is 2.11. The predicted octanol–water partition coefficient (Wildman–Crippen LogP) is 5.22. The molecule has 30 heavy (non-hydrogen) atoms. The molecule has 0 heterocycles. The number of allylic oxidation sites excluding steroid dienone is 2. The summed E-state index contributed by atoms with van der Waals surface area (Å²) < 4.78 is 0. The highest BCUT2D eigenvalue weighted by atomic mass is 16.1. The quantitative estimate of drug-likeness (QED) is 0.428. The minimum absolute atomic E-state index is 0.142. The zero-order valence-corrected chi connectivity index (χ0v) is 15.9. The number of nitrogens with zero attached hydrogens (tertiary/aromatic N) is 2. The van der Waals surface area contributed by atoms with Crippen LogP contribution in [0, 0.1) is 22.7 Å². The third-order valence-electron chi connectivity index (χ3n) is 4.39. The van der Waals surface area contributed by atoms with Gasteiger partial charge in [-0.05, 0) is 71.8 Å². The third-order valence-corrected chi connectivity index (χ3v) is 4.39. The van der Waals surface area contributed by atoms with E-state index in [0.29, 0.717) is 22.3 Å². The maximum Gasteiger partial charge on any atom is 0.185 e. The lowest BCUT2D eigenvalue weighted by Crippen LogP contribution is -1.94. The Labute approximate surface area is 174 Å². The Hall–Kier alpha value is -4.54. The molecule has 4 heteroatoms. The second-order valence-corrected chi connectivity index (χ2v) is 6.44. The van der Waals surface area contributed by atoms with Crippen LogP contribution in [0.3, 0.4) is 0 Å². The van der Waals surface area contributed by atoms with Crippen molar-refractivity contribution < 1.29 is 9.59 Å². The van der Waals surface area contributed by atoms with Crippen molar-refractivity contribution in [3.05, 3.63) is 118 Å². The van der Waals surface area contributed by atoms with Gasteiger partial charge in [0.25, 0.3) is 0 Å². The molecule has 0 aliphatic heterocycles. The minimum atomic E-state index is -0.142. The molecule has 142 valence electrons. The summed E-state index contributed by atoms with van der Waals surface area (Å²) in [6.45, 7) is 0. The van der Waals surface area contributed by atoms with Gasteiger partial charge in [0, 0.05) is 11.1 Å². The van der Waals surface area contributed by atoms with Gasteiger partial charge in [0.1, 0.15) is 0 Å². The first-order chi connectivity index (χ1) is 14.6. The Bertz CT molecular complexity index is 1100. The first-order valence-electron chi connectivity index (χ1n) is 9.14. The molecule has 0 atom stereocenters. The van der Waals surface area contributed by atoms with Crippen molar-refractivity contribution >= 4 is 23.7 Å². The molecule has 0 aromatic heterocycles. The molecule has 0 bridgehead atoms. The van der Waals surface area contributed by atoms with Crippen molar-refractivity contribution in [3.8, 4) is 12.1 Å². The Kier molecular flexibility index (Phi) is 6.46. The standard InChI is InChI=1S/C26H16N2O2/c27-17-21-5-11-23(12-6-21)25(29)15-9-19-1-2-20(4-3-19)10-16-26(30)24-13-7-22(18-28)8-14-24/h1-16H. The lowest BCUT2D eigenvalue weighted by atomic mass is 10.1. The average molecular weight is 388 g/mol. The number of benzene rings is 3. The molecule has 0 aliphatic rings. The normalized spacial score (nSPS) is 10.6. The van der Waals surface area contributed by atoms with E-state index >= 15 is 0 Å². The van der Waals surface area contributed by atoms with Crippen LogP contribution in [-0.2, 0) is 0 Å². The minimum Gasteiger partial charge on any atom is -0.289 e. The van der Waals surface area contributed by atoms with Crippen molar-refractivity contribution in [1.82, 2.24) is 0 Å². The van der Waals surface area contributed by atoms with Gasteiger partial charge in [0.15, 0.2) is 11.6 Å². The first-order valence-corrected chi connectivity index (χ1v) is 9.14. The van der Waals surface area contributed by atoms with Crippen LogP contribution < -0.4 is 0 Å². The monoisotopic (exact) mass is 388 g/mol. The van der Waals surface area contributed by atoms with Gasteiger partial charge in [-0.25, -0.2) is 0 Å². The lowest BCUT2D eigenvalue weighted by molar-refractivity contribution is 0.103. The molecular weight excluding hydrogens is 372 g/mol. The van der Waals surface area contributed by atoms with Gasteiger partial charge in [-0.15, -0.1) is 0 Å². The van der Waals surface area contributed by atoms with Gasteiger partial charge in [-0.3, -0.25) is 9.59 Å². The summed E-state index contributed by atoms with van der Waals surface area (Å²) in [4.78, 5) is 24.4. The number of carbonyl (C=O) groups is 2. The van der Waals surface area contributed by atoms with E-state index in [1.54, 1.807) is 60.7 Å². The summed E-state index contributed by atoms with van der Waals surface area (Å²) in [7, 11) is 0. The van der Waals surface area contributed by atoms with Gasteiger partial charge in [-0.2, -0.15) is 10.5 Å². The summed E-state index contributed by atoms with van der Waals surface area (Å²) in [6.07, 6.45) is 6.41. The number of carbonyl (C=O) groups excluding carboxylic acids is 2. The van der Waals surface area contributed by atoms with Crippen LogP contribution in [0.25, 0.3) is 12.2 Å². The molecular formula is C26H16N2O2. The Balaban J connectivity index is 1.62. The molecule has 4 nitrogen and oxygen atoms in total. The fourth-order valence-corrected chi connectivity index (χ4v) is 2.67. The third kappa shape index (κ3) is 5.25. The zero-order chi connectivity index (χ0) is 21.3. The molecule has 0 radical (unpaired) electrons. The highest BCUT2D eigenvalue weighted by Gasteiger charge is 2.03. The van der Waals surface area contributed by atoms with E-state index in [0.717, 1.165) is 11.1 Å². The molecule has 0 aliphatic carbocycles. The Morgan fingerprint density at radius 2 is 0.900 bits per heavy atom. The van der Waals surface area contributed by atoms with E-state index in [4.69, 9.17) is 10.5 Å². The van der Waals surface area contributed by atoms with Crippen molar-refractivity contribution in [2.45, 2.75) is 0 Å². The van der Waals surface area contributed by atoms with Crippen LogP contribution in [0.2, 0.25) is 0 Å². The van der Waals surface area contributed by atoms with Crippen LogP contribution in [0.4, 0.5) is 0 Å². The van der Waals surface area contributed by atoms with Crippen molar-refractivity contribution in [2.24, 2.45) is 0 Å². The van der Waals surface area contributed by atoms with Crippen LogP contribution in [0.1, 0.15) is 43.0 Å². The number of hydrogen-bond acceptors (Lipinski definition) is 4. The van der Waals surface area contributed by atoms with Gasteiger partial charge in [0.2, 0.25) is 0 Å². The SMILES string of the molecule is N#Cc1ccc(C(=O)C=Cc2ccc(C=CC(=O)c3ccc(C#N)cc3)cc2)cc1.